The molecule has 0 saturated carbocycles. The molecule has 0 unspecified atom stereocenters. The van der Waals surface area contributed by atoms with Crippen molar-refractivity contribution in [2.75, 3.05) is 12.3 Å². The van der Waals surface area contributed by atoms with Crippen LogP contribution >= 0.6 is 12.4 Å². The van der Waals surface area contributed by atoms with Gasteiger partial charge in [-0.3, -0.25) is 4.79 Å². The van der Waals surface area contributed by atoms with Gasteiger partial charge in [-0.2, -0.15) is 0 Å². The second-order valence-corrected chi connectivity index (χ2v) is 4.83. The third-order valence-electron chi connectivity index (χ3n) is 1.98. The van der Waals surface area contributed by atoms with Crippen LogP contribution < -0.4 is 11.1 Å². The number of benzene rings is 1. The van der Waals surface area contributed by atoms with Crippen molar-refractivity contribution in [3.05, 3.63) is 29.8 Å². The molecule has 1 rings (SSSR count). The molecule has 0 heterocycles. The maximum atomic E-state index is 11.7. The predicted molar refractivity (Wildman–Crippen MR) is 69.9 cm³/mol. The summed E-state index contributed by atoms with van der Waals surface area (Å²) >= 11 is 0. The Morgan fingerprint density at radius 2 is 1.88 bits per heavy atom. The number of carbonyl (C=O) groups excluding carboxylic acids is 1. The normalized spacial score (nSPS) is 10.4. The number of nitrogen functional groups attached to an aromatic ring is 1. The molecule has 90 valence electrons. The number of carbonyl (C=O) groups is 1. The van der Waals surface area contributed by atoms with Gasteiger partial charge in [0.1, 0.15) is 0 Å². The first-order chi connectivity index (χ1) is 6.90. The van der Waals surface area contributed by atoms with Gasteiger partial charge in [0, 0.05) is 12.2 Å². The second kappa shape index (κ2) is 5.75. The molecule has 1 aromatic carbocycles. The lowest BCUT2D eigenvalue weighted by molar-refractivity contribution is 0.0940. The smallest absolute Gasteiger partial charge is 0.253 e. The third-order valence-corrected chi connectivity index (χ3v) is 1.98. The zero-order valence-corrected chi connectivity index (χ0v) is 10.7. The Labute approximate surface area is 103 Å². The first-order valence-electron chi connectivity index (χ1n) is 5.03. The lowest BCUT2D eigenvalue weighted by Gasteiger charge is -2.18. The van der Waals surface area contributed by atoms with Gasteiger partial charge in [-0.05, 0) is 17.5 Å². The number of nitrogens with one attached hydrogen (secondary N) is 1. The Morgan fingerprint density at radius 3 is 2.38 bits per heavy atom. The molecule has 0 aromatic heterocycles. The van der Waals surface area contributed by atoms with E-state index in [1.807, 2.05) is 12.1 Å². The summed E-state index contributed by atoms with van der Waals surface area (Å²) in [6.07, 6.45) is 0. The van der Waals surface area contributed by atoms with E-state index in [0.29, 0.717) is 17.8 Å². The number of para-hydroxylation sites is 1. The zero-order valence-electron chi connectivity index (χ0n) is 9.91. The van der Waals surface area contributed by atoms with Crippen molar-refractivity contribution in [1.29, 1.82) is 0 Å². The van der Waals surface area contributed by atoms with E-state index >= 15 is 0 Å². The van der Waals surface area contributed by atoms with Crippen molar-refractivity contribution in [1.82, 2.24) is 5.32 Å². The molecule has 1 aromatic rings. The molecule has 1 amide bonds. The Hall–Kier alpha value is -1.22. The van der Waals surface area contributed by atoms with E-state index in [0.717, 1.165) is 0 Å². The molecule has 3 N–H and O–H groups in total. The number of halogens is 1. The average molecular weight is 243 g/mol. The Balaban J connectivity index is 0.00000225. The molecule has 0 spiro atoms. The van der Waals surface area contributed by atoms with Crippen molar-refractivity contribution in [3.63, 3.8) is 0 Å². The van der Waals surface area contributed by atoms with E-state index in [-0.39, 0.29) is 23.7 Å². The third kappa shape index (κ3) is 4.53. The van der Waals surface area contributed by atoms with Crippen LogP contribution in [-0.4, -0.2) is 12.5 Å². The van der Waals surface area contributed by atoms with E-state index < -0.39 is 0 Å². The molecule has 0 aliphatic heterocycles. The summed E-state index contributed by atoms with van der Waals surface area (Å²) in [6, 6.07) is 7.08. The molecule has 0 radical (unpaired) electrons. The van der Waals surface area contributed by atoms with Crippen LogP contribution in [0.3, 0.4) is 0 Å². The van der Waals surface area contributed by atoms with Gasteiger partial charge in [-0.15, -0.1) is 12.4 Å². The summed E-state index contributed by atoms with van der Waals surface area (Å²) in [7, 11) is 0. The lowest BCUT2D eigenvalue weighted by atomic mass is 9.97. The first-order valence-corrected chi connectivity index (χ1v) is 5.03. The van der Waals surface area contributed by atoms with Gasteiger partial charge in [0.15, 0.2) is 0 Å². The minimum atomic E-state index is -0.108. The second-order valence-electron chi connectivity index (χ2n) is 4.83. The average Bonchev–Trinajstić information content (AvgIpc) is 2.14. The largest absolute Gasteiger partial charge is 0.398 e. The van der Waals surface area contributed by atoms with Gasteiger partial charge in [0.05, 0.1) is 5.56 Å². The van der Waals surface area contributed by atoms with Crippen LogP contribution in [-0.2, 0) is 0 Å². The fourth-order valence-corrected chi connectivity index (χ4v) is 1.14. The van der Waals surface area contributed by atoms with E-state index in [2.05, 4.69) is 26.1 Å². The van der Waals surface area contributed by atoms with Crippen LogP contribution in [0.1, 0.15) is 31.1 Å². The van der Waals surface area contributed by atoms with Crippen LogP contribution in [0.4, 0.5) is 5.69 Å². The Bertz CT molecular complexity index is 358. The highest BCUT2D eigenvalue weighted by molar-refractivity contribution is 5.99. The number of nitrogens with two attached hydrogens (primary N) is 1. The van der Waals surface area contributed by atoms with Crippen LogP contribution in [0.15, 0.2) is 24.3 Å². The first kappa shape index (κ1) is 14.8. The van der Waals surface area contributed by atoms with Crippen molar-refractivity contribution in [3.8, 4) is 0 Å². The number of hydrogen-bond donors (Lipinski definition) is 2. The quantitative estimate of drug-likeness (QED) is 0.783. The monoisotopic (exact) mass is 242 g/mol. The zero-order chi connectivity index (χ0) is 11.5. The number of rotatable bonds is 2. The minimum Gasteiger partial charge on any atom is -0.398 e. The number of amides is 1. The summed E-state index contributed by atoms with van der Waals surface area (Å²) in [5.41, 5.74) is 6.84. The standard InChI is InChI=1S/C12H18N2O.ClH/c1-12(2,3)8-14-11(15)9-6-4-5-7-10(9)13;/h4-7H,8,13H2,1-3H3,(H,14,15);1H. The molecule has 0 fully saturated rings. The van der Waals surface area contributed by atoms with E-state index in [1.165, 1.54) is 0 Å². The summed E-state index contributed by atoms with van der Waals surface area (Å²) in [5, 5.41) is 2.86. The van der Waals surface area contributed by atoms with Crippen molar-refractivity contribution < 1.29 is 4.79 Å². The molecule has 0 atom stereocenters. The molecular formula is C12H19ClN2O. The van der Waals surface area contributed by atoms with Crippen LogP contribution in [0.5, 0.6) is 0 Å². The summed E-state index contributed by atoms with van der Waals surface area (Å²) < 4.78 is 0. The van der Waals surface area contributed by atoms with Crippen molar-refractivity contribution >= 4 is 24.0 Å². The highest BCUT2D eigenvalue weighted by Crippen LogP contribution is 2.13. The summed E-state index contributed by atoms with van der Waals surface area (Å²) in [5.74, 6) is -0.108. The highest BCUT2D eigenvalue weighted by atomic mass is 35.5. The molecule has 0 saturated heterocycles. The summed E-state index contributed by atoms with van der Waals surface area (Å²) in [6.45, 7) is 6.85. The molecule has 0 aliphatic carbocycles. The predicted octanol–water partition coefficient (Wildman–Crippen LogP) is 2.47. The van der Waals surface area contributed by atoms with Gasteiger partial charge in [-0.1, -0.05) is 32.9 Å². The highest BCUT2D eigenvalue weighted by Gasteiger charge is 2.14. The van der Waals surface area contributed by atoms with E-state index in [1.54, 1.807) is 12.1 Å². The number of hydrogen-bond acceptors (Lipinski definition) is 2. The number of anilines is 1. The Morgan fingerprint density at radius 1 is 1.31 bits per heavy atom. The molecule has 0 bridgehead atoms. The van der Waals surface area contributed by atoms with Crippen LogP contribution in [0, 0.1) is 5.41 Å². The molecule has 4 heteroatoms. The van der Waals surface area contributed by atoms with Crippen LogP contribution in [0.2, 0.25) is 0 Å². The maximum Gasteiger partial charge on any atom is 0.253 e. The van der Waals surface area contributed by atoms with Crippen molar-refractivity contribution in [2.45, 2.75) is 20.8 Å². The minimum absolute atomic E-state index is 0. The van der Waals surface area contributed by atoms with Gasteiger partial charge in [0.25, 0.3) is 5.91 Å². The van der Waals surface area contributed by atoms with E-state index in [9.17, 15) is 4.79 Å². The van der Waals surface area contributed by atoms with Crippen molar-refractivity contribution in [2.24, 2.45) is 5.41 Å². The van der Waals surface area contributed by atoms with E-state index in [4.69, 9.17) is 5.73 Å². The molecule has 0 aliphatic rings. The SMILES string of the molecule is CC(C)(C)CNC(=O)c1ccccc1N.Cl. The lowest BCUT2D eigenvalue weighted by Crippen LogP contribution is -2.32. The summed E-state index contributed by atoms with van der Waals surface area (Å²) in [4.78, 5) is 11.7. The van der Waals surface area contributed by atoms with Crippen LogP contribution in [0.25, 0.3) is 0 Å². The Kier molecular flexibility index (Phi) is 5.31. The maximum absolute atomic E-state index is 11.7. The molecular weight excluding hydrogens is 224 g/mol. The fraction of sp³-hybridized carbons (Fsp3) is 0.417. The topological polar surface area (TPSA) is 55.1 Å². The fourth-order valence-electron chi connectivity index (χ4n) is 1.14. The van der Waals surface area contributed by atoms with Gasteiger partial charge in [-0.25, -0.2) is 0 Å². The van der Waals surface area contributed by atoms with Gasteiger partial charge in [0.2, 0.25) is 0 Å². The van der Waals surface area contributed by atoms with Gasteiger partial charge >= 0.3 is 0 Å². The molecule has 3 nitrogen and oxygen atoms in total. The van der Waals surface area contributed by atoms with Gasteiger partial charge < -0.3 is 11.1 Å². The molecule has 16 heavy (non-hydrogen) atoms.